The highest BCUT2D eigenvalue weighted by Gasteiger charge is 2.22. The van der Waals surface area contributed by atoms with Crippen LogP contribution in [0.25, 0.3) is 0 Å². The van der Waals surface area contributed by atoms with Gasteiger partial charge in [0.2, 0.25) is 0 Å². The van der Waals surface area contributed by atoms with Crippen molar-refractivity contribution in [3.05, 3.63) is 29.8 Å². The van der Waals surface area contributed by atoms with Gasteiger partial charge in [-0.25, -0.2) is 0 Å². The van der Waals surface area contributed by atoms with E-state index in [0.29, 0.717) is 6.10 Å². The fraction of sp³-hybridized carbons (Fsp3) is 0.600. The van der Waals surface area contributed by atoms with Gasteiger partial charge in [0.05, 0.1) is 0 Å². The van der Waals surface area contributed by atoms with Gasteiger partial charge in [0, 0.05) is 13.0 Å². The third kappa shape index (κ3) is 2.85. The number of hydrogen-bond donors (Lipinski definition) is 2. The van der Waals surface area contributed by atoms with E-state index in [-0.39, 0.29) is 0 Å². The molecule has 2 aliphatic rings. The second-order valence-corrected chi connectivity index (χ2v) is 5.42. The second-order valence-electron chi connectivity index (χ2n) is 5.42. The van der Waals surface area contributed by atoms with Crippen molar-refractivity contribution in [3.63, 3.8) is 0 Å². The Morgan fingerprint density at radius 3 is 3.06 bits per heavy atom. The predicted molar refractivity (Wildman–Crippen MR) is 73.0 cm³/mol. The Labute approximate surface area is 109 Å². The molecule has 1 aromatic carbocycles. The van der Waals surface area contributed by atoms with E-state index in [1.807, 2.05) is 6.07 Å². The minimum atomic E-state index is 0.318. The maximum Gasteiger partial charge on any atom is 0.123 e. The maximum absolute atomic E-state index is 5.92. The van der Waals surface area contributed by atoms with Gasteiger partial charge >= 0.3 is 0 Å². The Morgan fingerprint density at radius 2 is 2.22 bits per heavy atom. The van der Waals surface area contributed by atoms with Crippen LogP contribution in [-0.4, -0.2) is 32.3 Å². The largest absolute Gasteiger partial charge is 0.488 e. The zero-order valence-corrected chi connectivity index (χ0v) is 10.8. The molecule has 2 aliphatic heterocycles. The lowest BCUT2D eigenvalue weighted by Crippen LogP contribution is -2.39. The molecule has 0 bridgehead atoms. The molecule has 3 nitrogen and oxygen atoms in total. The Kier molecular flexibility index (Phi) is 3.81. The topological polar surface area (TPSA) is 33.3 Å². The standard InChI is InChI=1S/C15H22N2O/c1-2-6-15-13(5-1)8-14(18-15)11-17-10-12-4-3-7-16-9-12/h1-2,5-6,12,14,16-17H,3-4,7-11H2. The van der Waals surface area contributed by atoms with Crippen molar-refractivity contribution in [2.24, 2.45) is 5.92 Å². The first-order valence-electron chi connectivity index (χ1n) is 7.08. The predicted octanol–water partition coefficient (Wildman–Crippen LogP) is 1.58. The summed E-state index contributed by atoms with van der Waals surface area (Å²) in [5.74, 6) is 1.87. The highest BCUT2D eigenvalue weighted by atomic mass is 16.5. The van der Waals surface area contributed by atoms with E-state index in [1.54, 1.807) is 0 Å². The number of nitrogens with one attached hydrogen (secondary N) is 2. The molecule has 3 rings (SSSR count). The van der Waals surface area contributed by atoms with Crippen LogP contribution in [0.4, 0.5) is 0 Å². The van der Waals surface area contributed by atoms with E-state index >= 15 is 0 Å². The van der Waals surface area contributed by atoms with Gasteiger partial charge in [0.15, 0.2) is 0 Å². The van der Waals surface area contributed by atoms with E-state index in [9.17, 15) is 0 Å². The summed E-state index contributed by atoms with van der Waals surface area (Å²) in [5, 5.41) is 7.02. The lowest BCUT2D eigenvalue weighted by molar-refractivity contribution is 0.222. The SMILES string of the molecule is c1ccc2c(c1)CC(CNCC1CCCNC1)O2. The number of fused-ring (bicyclic) bond motifs is 1. The molecule has 0 aliphatic carbocycles. The summed E-state index contributed by atoms with van der Waals surface area (Å²) in [7, 11) is 0. The summed E-state index contributed by atoms with van der Waals surface area (Å²) in [4.78, 5) is 0. The molecule has 1 fully saturated rings. The van der Waals surface area contributed by atoms with E-state index < -0.39 is 0 Å². The summed E-state index contributed by atoms with van der Waals surface area (Å²) in [5.41, 5.74) is 1.35. The average Bonchev–Trinajstić information content (AvgIpc) is 2.82. The number of benzene rings is 1. The highest BCUT2D eigenvalue weighted by molar-refractivity contribution is 5.37. The summed E-state index contributed by atoms with van der Waals surface area (Å²) < 4.78 is 5.92. The second kappa shape index (κ2) is 5.72. The Balaban J connectivity index is 1.40. The van der Waals surface area contributed by atoms with Crippen molar-refractivity contribution in [1.29, 1.82) is 0 Å². The minimum Gasteiger partial charge on any atom is -0.488 e. The van der Waals surface area contributed by atoms with E-state index in [0.717, 1.165) is 31.2 Å². The normalized spacial score (nSPS) is 26.7. The van der Waals surface area contributed by atoms with E-state index in [2.05, 4.69) is 28.8 Å². The fourth-order valence-electron chi connectivity index (χ4n) is 2.91. The van der Waals surface area contributed by atoms with Gasteiger partial charge in [0.25, 0.3) is 0 Å². The number of piperidine rings is 1. The van der Waals surface area contributed by atoms with Gasteiger partial charge in [-0.1, -0.05) is 18.2 Å². The molecule has 2 atom stereocenters. The van der Waals surface area contributed by atoms with Gasteiger partial charge in [0.1, 0.15) is 11.9 Å². The summed E-state index contributed by atoms with van der Waals surface area (Å²) in [6.45, 7) is 4.44. The van der Waals surface area contributed by atoms with Crippen LogP contribution in [-0.2, 0) is 6.42 Å². The summed E-state index contributed by atoms with van der Waals surface area (Å²) in [6, 6.07) is 8.37. The van der Waals surface area contributed by atoms with Crippen molar-refractivity contribution >= 4 is 0 Å². The molecule has 0 spiro atoms. The third-order valence-electron chi connectivity index (χ3n) is 3.92. The van der Waals surface area contributed by atoms with Gasteiger partial charge in [-0.3, -0.25) is 0 Å². The Bertz CT molecular complexity index is 363. The molecule has 2 heterocycles. The van der Waals surface area contributed by atoms with Crippen molar-refractivity contribution in [2.75, 3.05) is 26.2 Å². The van der Waals surface area contributed by atoms with Gasteiger partial charge in [-0.2, -0.15) is 0 Å². The van der Waals surface area contributed by atoms with Crippen LogP contribution in [0.1, 0.15) is 18.4 Å². The molecule has 18 heavy (non-hydrogen) atoms. The van der Waals surface area contributed by atoms with Gasteiger partial charge in [-0.15, -0.1) is 0 Å². The van der Waals surface area contributed by atoms with Crippen LogP contribution in [0.3, 0.4) is 0 Å². The number of para-hydroxylation sites is 1. The van der Waals surface area contributed by atoms with Crippen LogP contribution in [0.15, 0.2) is 24.3 Å². The van der Waals surface area contributed by atoms with Crippen LogP contribution in [0.2, 0.25) is 0 Å². The van der Waals surface area contributed by atoms with E-state index in [4.69, 9.17) is 4.74 Å². The zero-order chi connectivity index (χ0) is 12.2. The number of ether oxygens (including phenoxy) is 1. The average molecular weight is 246 g/mol. The molecule has 2 N–H and O–H groups in total. The molecular formula is C15H22N2O. The summed E-state index contributed by atoms with van der Waals surface area (Å²) in [6.07, 6.45) is 4.04. The van der Waals surface area contributed by atoms with Gasteiger partial charge in [-0.05, 0) is 50.0 Å². The minimum absolute atomic E-state index is 0.318. The van der Waals surface area contributed by atoms with Crippen molar-refractivity contribution in [3.8, 4) is 5.75 Å². The molecule has 0 amide bonds. The zero-order valence-electron chi connectivity index (χ0n) is 10.8. The van der Waals surface area contributed by atoms with Crippen molar-refractivity contribution in [1.82, 2.24) is 10.6 Å². The molecule has 2 unspecified atom stereocenters. The number of hydrogen-bond acceptors (Lipinski definition) is 3. The molecule has 0 aromatic heterocycles. The first kappa shape index (κ1) is 12.0. The number of rotatable bonds is 4. The third-order valence-corrected chi connectivity index (χ3v) is 3.92. The first-order valence-corrected chi connectivity index (χ1v) is 7.08. The maximum atomic E-state index is 5.92. The molecule has 1 aromatic rings. The molecule has 1 saturated heterocycles. The van der Waals surface area contributed by atoms with Crippen molar-refractivity contribution in [2.45, 2.75) is 25.4 Å². The van der Waals surface area contributed by atoms with Crippen LogP contribution in [0, 0.1) is 5.92 Å². The van der Waals surface area contributed by atoms with Crippen LogP contribution < -0.4 is 15.4 Å². The molecule has 0 radical (unpaired) electrons. The smallest absolute Gasteiger partial charge is 0.123 e. The quantitative estimate of drug-likeness (QED) is 0.846. The molecule has 3 heteroatoms. The van der Waals surface area contributed by atoms with Crippen LogP contribution >= 0.6 is 0 Å². The van der Waals surface area contributed by atoms with Gasteiger partial charge < -0.3 is 15.4 Å². The first-order chi connectivity index (χ1) is 8.92. The van der Waals surface area contributed by atoms with Crippen LogP contribution in [0.5, 0.6) is 5.75 Å². The Morgan fingerprint density at radius 1 is 1.28 bits per heavy atom. The Hall–Kier alpha value is -1.06. The van der Waals surface area contributed by atoms with Crippen molar-refractivity contribution < 1.29 is 4.74 Å². The molecule has 98 valence electrons. The highest BCUT2D eigenvalue weighted by Crippen LogP contribution is 2.27. The monoisotopic (exact) mass is 246 g/mol. The lowest BCUT2D eigenvalue weighted by atomic mass is 10.00. The fourth-order valence-corrected chi connectivity index (χ4v) is 2.91. The molecule has 0 saturated carbocycles. The van der Waals surface area contributed by atoms with E-state index in [1.165, 1.54) is 31.5 Å². The molecular weight excluding hydrogens is 224 g/mol. The lowest BCUT2D eigenvalue weighted by Gasteiger charge is -2.23. The summed E-state index contributed by atoms with van der Waals surface area (Å²) >= 11 is 0.